The zero-order valence-corrected chi connectivity index (χ0v) is 9.33. The van der Waals surface area contributed by atoms with Gasteiger partial charge < -0.3 is 15.3 Å². The molecule has 4 nitrogen and oxygen atoms in total. The Hall–Kier alpha value is -1.62. The molecule has 1 aromatic carbocycles. The zero-order chi connectivity index (χ0) is 12.1. The van der Waals surface area contributed by atoms with E-state index in [9.17, 15) is 9.18 Å². The number of nitrogens with one attached hydrogen (secondary N) is 1. The Morgan fingerprint density at radius 2 is 2.25 bits per heavy atom. The minimum absolute atomic E-state index is 0.105. The first-order valence-corrected chi connectivity index (χ1v) is 4.93. The van der Waals surface area contributed by atoms with E-state index in [0.717, 1.165) is 5.56 Å². The van der Waals surface area contributed by atoms with E-state index < -0.39 is 5.82 Å². The molecule has 0 atom stereocenters. The van der Waals surface area contributed by atoms with Gasteiger partial charge in [-0.1, -0.05) is 6.07 Å². The standard InChI is InChI=1S/C11H15FN2O2/c1-8-3-4-9(12)7-10(8)13-11(16)14(2)5-6-15/h3-4,7,15H,5-6H2,1-2H3,(H,13,16). The summed E-state index contributed by atoms with van der Waals surface area (Å²) in [6.45, 7) is 1.91. The van der Waals surface area contributed by atoms with Gasteiger partial charge in [0.05, 0.1) is 6.61 Å². The summed E-state index contributed by atoms with van der Waals surface area (Å²) in [5.74, 6) is -0.397. The van der Waals surface area contributed by atoms with Crippen LogP contribution < -0.4 is 5.32 Å². The largest absolute Gasteiger partial charge is 0.395 e. The van der Waals surface area contributed by atoms with E-state index in [2.05, 4.69) is 5.32 Å². The molecule has 0 heterocycles. The number of hydrogen-bond acceptors (Lipinski definition) is 2. The van der Waals surface area contributed by atoms with E-state index in [1.807, 2.05) is 0 Å². The number of urea groups is 1. The number of carbonyl (C=O) groups is 1. The average Bonchev–Trinajstić information content (AvgIpc) is 2.23. The van der Waals surface area contributed by atoms with Crippen LogP contribution in [0, 0.1) is 12.7 Å². The molecule has 1 aromatic rings. The summed E-state index contributed by atoms with van der Waals surface area (Å²) in [5, 5.41) is 11.2. The molecule has 0 aromatic heterocycles. The van der Waals surface area contributed by atoms with Crippen molar-refractivity contribution in [2.45, 2.75) is 6.92 Å². The molecule has 88 valence electrons. The predicted molar refractivity (Wildman–Crippen MR) is 59.9 cm³/mol. The van der Waals surface area contributed by atoms with Crippen LogP contribution in [0.15, 0.2) is 18.2 Å². The first-order chi connectivity index (χ1) is 7.54. The Kier molecular flexibility index (Phi) is 4.25. The summed E-state index contributed by atoms with van der Waals surface area (Å²) in [4.78, 5) is 12.9. The molecule has 0 saturated carbocycles. The van der Waals surface area contributed by atoms with Gasteiger partial charge in [0.15, 0.2) is 0 Å². The number of aliphatic hydroxyl groups is 1. The number of aryl methyl sites for hydroxylation is 1. The van der Waals surface area contributed by atoms with Crippen molar-refractivity contribution in [2.24, 2.45) is 0 Å². The van der Waals surface area contributed by atoms with Gasteiger partial charge in [0.25, 0.3) is 0 Å². The van der Waals surface area contributed by atoms with E-state index in [0.29, 0.717) is 5.69 Å². The monoisotopic (exact) mass is 226 g/mol. The number of rotatable bonds is 3. The van der Waals surface area contributed by atoms with E-state index >= 15 is 0 Å². The second kappa shape index (κ2) is 5.46. The second-order valence-corrected chi connectivity index (χ2v) is 3.53. The number of benzene rings is 1. The minimum Gasteiger partial charge on any atom is -0.395 e. The van der Waals surface area contributed by atoms with Gasteiger partial charge in [0, 0.05) is 19.3 Å². The third-order valence-corrected chi connectivity index (χ3v) is 2.22. The van der Waals surface area contributed by atoms with E-state index in [1.165, 1.54) is 17.0 Å². The summed E-state index contributed by atoms with van der Waals surface area (Å²) >= 11 is 0. The molecule has 1 rings (SSSR count). The van der Waals surface area contributed by atoms with Crippen LogP contribution in [-0.4, -0.2) is 36.2 Å². The molecule has 0 bridgehead atoms. The Morgan fingerprint density at radius 1 is 1.56 bits per heavy atom. The normalized spacial score (nSPS) is 10.0. The van der Waals surface area contributed by atoms with Crippen molar-refractivity contribution >= 4 is 11.7 Å². The number of anilines is 1. The lowest BCUT2D eigenvalue weighted by molar-refractivity contribution is 0.202. The van der Waals surface area contributed by atoms with Crippen molar-refractivity contribution in [3.63, 3.8) is 0 Å². The van der Waals surface area contributed by atoms with Gasteiger partial charge in [-0.05, 0) is 24.6 Å². The van der Waals surface area contributed by atoms with Crippen molar-refractivity contribution < 1.29 is 14.3 Å². The highest BCUT2D eigenvalue weighted by atomic mass is 19.1. The highest BCUT2D eigenvalue weighted by Crippen LogP contribution is 2.16. The van der Waals surface area contributed by atoms with Crippen LogP contribution in [0.2, 0.25) is 0 Å². The fourth-order valence-electron chi connectivity index (χ4n) is 1.19. The van der Waals surface area contributed by atoms with Gasteiger partial charge in [-0.25, -0.2) is 9.18 Å². The van der Waals surface area contributed by atoms with E-state index in [4.69, 9.17) is 5.11 Å². The zero-order valence-electron chi connectivity index (χ0n) is 9.33. The predicted octanol–water partition coefficient (Wildman–Crippen LogP) is 1.59. The third kappa shape index (κ3) is 3.20. The average molecular weight is 226 g/mol. The van der Waals surface area contributed by atoms with Gasteiger partial charge in [0.1, 0.15) is 5.82 Å². The Balaban J connectivity index is 2.72. The van der Waals surface area contributed by atoms with Crippen LogP contribution in [0.3, 0.4) is 0 Å². The number of amides is 2. The van der Waals surface area contributed by atoms with Crippen molar-refractivity contribution in [1.82, 2.24) is 4.90 Å². The van der Waals surface area contributed by atoms with Gasteiger partial charge >= 0.3 is 6.03 Å². The van der Waals surface area contributed by atoms with Crippen molar-refractivity contribution in [3.8, 4) is 0 Å². The number of aliphatic hydroxyl groups excluding tert-OH is 1. The molecular weight excluding hydrogens is 211 g/mol. The Morgan fingerprint density at radius 3 is 2.88 bits per heavy atom. The van der Waals surface area contributed by atoms with Crippen molar-refractivity contribution in [3.05, 3.63) is 29.6 Å². The molecule has 0 radical (unpaired) electrons. The quantitative estimate of drug-likeness (QED) is 0.822. The number of likely N-dealkylation sites (N-methyl/N-ethyl adjacent to an activating group) is 1. The lowest BCUT2D eigenvalue weighted by Gasteiger charge is -2.17. The molecule has 16 heavy (non-hydrogen) atoms. The second-order valence-electron chi connectivity index (χ2n) is 3.53. The lowest BCUT2D eigenvalue weighted by atomic mass is 10.2. The van der Waals surface area contributed by atoms with Crippen LogP contribution in [0.4, 0.5) is 14.9 Å². The maximum atomic E-state index is 12.9. The minimum atomic E-state index is -0.397. The SMILES string of the molecule is Cc1ccc(F)cc1NC(=O)N(C)CCO. The molecule has 0 saturated heterocycles. The molecular formula is C11H15FN2O2. The smallest absolute Gasteiger partial charge is 0.321 e. The first kappa shape index (κ1) is 12.4. The van der Waals surface area contributed by atoms with Crippen LogP contribution in [0.25, 0.3) is 0 Å². The number of nitrogens with zero attached hydrogens (tertiary/aromatic N) is 1. The molecule has 2 amide bonds. The van der Waals surface area contributed by atoms with Crippen LogP contribution in [0.5, 0.6) is 0 Å². The van der Waals surface area contributed by atoms with E-state index in [1.54, 1.807) is 20.0 Å². The summed E-state index contributed by atoms with van der Waals surface area (Å²) in [5.41, 5.74) is 1.22. The molecule has 2 N–H and O–H groups in total. The van der Waals surface area contributed by atoms with Crippen molar-refractivity contribution in [1.29, 1.82) is 0 Å². The Labute approximate surface area is 93.7 Å². The highest BCUT2D eigenvalue weighted by Gasteiger charge is 2.09. The fraction of sp³-hybridized carbons (Fsp3) is 0.364. The third-order valence-electron chi connectivity index (χ3n) is 2.22. The number of halogens is 1. The molecule has 0 aliphatic carbocycles. The van der Waals surface area contributed by atoms with Crippen LogP contribution >= 0.6 is 0 Å². The molecule has 0 unspecified atom stereocenters. The van der Waals surface area contributed by atoms with E-state index in [-0.39, 0.29) is 19.2 Å². The Bertz CT molecular complexity index is 382. The van der Waals surface area contributed by atoms with Gasteiger partial charge in [-0.15, -0.1) is 0 Å². The summed E-state index contributed by atoms with van der Waals surface area (Å²) in [7, 11) is 1.56. The van der Waals surface area contributed by atoms with Gasteiger partial charge in [0.2, 0.25) is 0 Å². The maximum absolute atomic E-state index is 12.9. The molecule has 0 fully saturated rings. The van der Waals surface area contributed by atoms with Crippen molar-refractivity contribution in [2.75, 3.05) is 25.5 Å². The van der Waals surface area contributed by atoms with Gasteiger partial charge in [-0.3, -0.25) is 0 Å². The molecule has 0 aliphatic rings. The topological polar surface area (TPSA) is 52.6 Å². The highest BCUT2D eigenvalue weighted by molar-refractivity contribution is 5.89. The summed E-state index contributed by atoms with van der Waals surface area (Å²) in [6.07, 6.45) is 0. The van der Waals surface area contributed by atoms with Crippen LogP contribution in [0.1, 0.15) is 5.56 Å². The summed E-state index contributed by atoms with van der Waals surface area (Å²) < 4.78 is 12.9. The van der Waals surface area contributed by atoms with Gasteiger partial charge in [-0.2, -0.15) is 0 Å². The molecule has 0 aliphatic heterocycles. The summed E-state index contributed by atoms with van der Waals surface area (Å²) in [6, 6.07) is 3.82. The number of hydrogen-bond donors (Lipinski definition) is 2. The van der Waals surface area contributed by atoms with Crippen LogP contribution in [-0.2, 0) is 0 Å². The fourth-order valence-corrected chi connectivity index (χ4v) is 1.19. The maximum Gasteiger partial charge on any atom is 0.321 e. The lowest BCUT2D eigenvalue weighted by Crippen LogP contribution is -2.33. The molecule has 0 spiro atoms. The first-order valence-electron chi connectivity index (χ1n) is 4.93. The molecule has 5 heteroatoms. The number of carbonyl (C=O) groups excluding carboxylic acids is 1.